The number of thiazole rings is 1. The number of hydrogen-bond donors (Lipinski definition) is 0. The van der Waals surface area contributed by atoms with Gasteiger partial charge in [0.2, 0.25) is 0 Å². The molecule has 0 aromatic carbocycles. The van der Waals surface area contributed by atoms with E-state index in [1.54, 1.807) is 11.3 Å². The van der Waals surface area contributed by atoms with Gasteiger partial charge in [0.15, 0.2) is 0 Å². The van der Waals surface area contributed by atoms with Gasteiger partial charge in [-0.1, -0.05) is 12.8 Å². The van der Waals surface area contributed by atoms with E-state index in [1.807, 2.05) is 0 Å². The first-order valence-corrected chi connectivity index (χ1v) is 5.82. The zero-order chi connectivity index (χ0) is 8.39. The van der Waals surface area contributed by atoms with Gasteiger partial charge in [-0.25, -0.2) is 4.98 Å². The van der Waals surface area contributed by atoms with Gasteiger partial charge in [-0.05, 0) is 12.8 Å². The second-order valence-electron chi connectivity index (χ2n) is 3.28. The fourth-order valence-corrected chi connectivity index (χ4v) is 2.77. The molecule has 0 bridgehead atoms. The highest BCUT2D eigenvalue weighted by Crippen LogP contribution is 2.34. The van der Waals surface area contributed by atoms with E-state index in [9.17, 15) is 0 Å². The Morgan fingerprint density at radius 2 is 2.25 bits per heavy atom. The maximum Gasteiger partial charge on any atom is 0.108 e. The van der Waals surface area contributed by atoms with Gasteiger partial charge in [0.25, 0.3) is 0 Å². The van der Waals surface area contributed by atoms with E-state index in [0.29, 0.717) is 5.88 Å². The minimum absolute atomic E-state index is 0.567. The molecule has 1 saturated carbocycles. The van der Waals surface area contributed by atoms with E-state index in [0.717, 1.165) is 10.9 Å². The molecule has 1 aromatic rings. The number of hydrogen-bond acceptors (Lipinski definition) is 2. The molecular formula is C9H12ClNS. The third-order valence-electron chi connectivity index (χ3n) is 2.46. The Bertz CT molecular complexity index is 253. The summed E-state index contributed by atoms with van der Waals surface area (Å²) in [5, 5.41) is 3.24. The smallest absolute Gasteiger partial charge is 0.108 e. The van der Waals surface area contributed by atoms with Crippen LogP contribution in [-0.4, -0.2) is 4.98 Å². The summed E-state index contributed by atoms with van der Waals surface area (Å²) in [4.78, 5) is 4.50. The molecule has 1 aliphatic rings. The highest BCUT2D eigenvalue weighted by molar-refractivity contribution is 7.09. The van der Waals surface area contributed by atoms with Crippen LogP contribution in [0.25, 0.3) is 0 Å². The molecule has 0 amide bonds. The molecule has 2 rings (SSSR count). The van der Waals surface area contributed by atoms with E-state index in [1.165, 1.54) is 31.4 Å². The third kappa shape index (κ3) is 1.64. The molecule has 0 atom stereocenters. The monoisotopic (exact) mass is 201 g/mol. The second kappa shape index (κ2) is 3.75. The average Bonchev–Trinajstić information content (AvgIpc) is 2.75. The number of halogens is 1. The second-order valence-corrected chi connectivity index (χ2v) is 4.49. The Balaban J connectivity index is 2.11. The van der Waals surface area contributed by atoms with Gasteiger partial charge in [-0.3, -0.25) is 0 Å². The normalized spacial score (nSPS) is 18.8. The van der Waals surface area contributed by atoms with E-state index in [2.05, 4.69) is 10.4 Å². The highest BCUT2D eigenvalue weighted by Gasteiger charge is 2.19. The van der Waals surface area contributed by atoms with Crippen molar-refractivity contribution in [1.82, 2.24) is 4.98 Å². The van der Waals surface area contributed by atoms with Gasteiger partial charge in [0.05, 0.1) is 11.6 Å². The first kappa shape index (κ1) is 8.52. The van der Waals surface area contributed by atoms with Crippen LogP contribution in [0.3, 0.4) is 0 Å². The molecule has 0 spiro atoms. The molecule has 1 aliphatic carbocycles. The summed E-state index contributed by atoms with van der Waals surface area (Å²) in [5.74, 6) is 1.30. The summed E-state index contributed by atoms with van der Waals surface area (Å²) in [5.41, 5.74) is 1.29. The number of rotatable bonds is 2. The lowest BCUT2D eigenvalue weighted by molar-refractivity contribution is 0.701. The molecule has 0 unspecified atom stereocenters. The van der Waals surface area contributed by atoms with Crippen molar-refractivity contribution in [2.45, 2.75) is 37.5 Å². The van der Waals surface area contributed by atoms with E-state index in [4.69, 9.17) is 11.6 Å². The topological polar surface area (TPSA) is 12.9 Å². The van der Waals surface area contributed by atoms with Gasteiger partial charge < -0.3 is 0 Å². The summed E-state index contributed by atoms with van der Waals surface area (Å²) in [6, 6.07) is 0. The van der Waals surface area contributed by atoms with Crippen LogP contribution in [0.2, 0.25) is 0 Å². The summed E-state index contributed by atoms with van der Waals surface area (Å²) in [6.45, 7) is 0. The van der Waals surface area contributed by atoms with Crippen molar-refractivity contribution < 1.29 is 0 Å². The standard InChI is InChI=1S/C9H12ClNS/c10-5-9-11-8(6-12-9)7-3-1-2-4-7/h6-7H,1-5H2. The van der Waals surface area contributed by atoms with Crippen LogP contribution in [0.1, 0.15) is 42.3 Å². The summed E-state index contributed by atoms with van der Waals surface area (Å²) in [6.07, 6.45) is 5.40. The Kier molecular flexibility index (Phi) is 2.66. The fourth-order valence-electron chi connectivity index (χ4n) is 1.80. The molecule has 0 aliphatic heterocycles. The zero-order valence-corrected chi connectivity index (χ0v) is 8.50. The number of nitrogens with zero attached hydrogens (tertiary/aromatic N) is 1. The van der Waals surface area contributed by atoms with Crippen LogP contribution in [-0.2, 0) is 5.88 Å². The van der Waals surface area contributed by atoms with Crippen molar-refractivity contribution >= 4 is 22.9 Å². The van der Waals surface area contributed by atoms with Crippen molar-refractivity contribution in [3.8, 4) is 0 Å². The first-order valence-electron chi connectivity index (χ1n) is 4.40. The molecule has 1 aromatic heterocycles. The zero-order valence-electron chi connectivity index (χ0n) is 6.92. The van der Waals surface area contributed by atoms with Gasteiger partial charge in [0, 0.05) is 11.3 Å². The largest absolute Gasteiger partial charge is 0.245 e. The molecule has 66 valence electrons. The quantitative estimate of drug-likeness (QED) is 0.667. The highest BCUT2D eigenvalue weighted by atomic mass is 35.5. The maximum absolute atomic E-state index is 5.69. The summed E-state index contributed by atoms with van der Waals surface area (Å²) in [7, 11) is 0. The van der Waals surface area contributed by atoms with E-state index in [-0.39, 0.29) is 0 Å². The molecule has 0 N–H and O–H groups in total. The van der Waals surface area contributed by atoms with Crippen molar-refractivity contribution in [2.75, 3.05) is 0 Å². The van der Waals surface area contributed by atoms with Gasteiger partial charge >= 0.3 is 0 Å². The molecule has 12 heavy (non-hydrogen) atoms. The van der Waals surface area contributed by atoms with Gasteiger partial charge in [-0.15, -0.1) is 22.9 Å². The van der Waals surface area contributed by atoms with Crippen LogP contribution in [0.15, 0.2) is 5.38 Å². The predicted octanol–water partition coefficient (Wildman–Crippen LogP) is 3.54. The molecule has 1 fully saturated rings. The number of alkyl halides is 1. The van der Waals surface area contributed by atoms with Gasteiger partial charge in [0.1, 0.15) is 5.01 Å². The fraction of sp³-hybridized carbons (Fsp3) is 0.667. The Morgan fingerprint density at radius 3 is 2.83 bits per heavy atom. The summed E-state index contributed by atoms with van der Waals surface area (Å²) < 4.78 is 0. The SMILES string of the molecule is ClCc1nc(C2CCCC2)cs1. The van der Waals surface area contributed by atoms with Gasteiger partial charge in [-0.2, -0.15) is 0 Å². The molecule has 1 heterocycles. The lowest BCUT2D eigenvalue weighted by Crippen LogP contribution is -1.92. The molecule has 0 radical (unpaired) electrons. The molecular weight excluding hydrogens is 190 g/mol. The minimum atomic E-state index is 0.567. The minimum Gasteiger partial charge on any atom is -0.245 e. The van der Waals surface area contributed by atoms with Crippen molar-refractivity contribution in [2.24, 2.45) is 0 Å². The van der Waals surface area contributed by atoms with Crippen LogP contribution in [0, 0.1) is 0 Å². The lowest BCUT2D eigenvalue weighted by atomic mass is 10.1. The maximum atomic E-state index is 5.69. The van der Waals surface area contributed by atoms with Crippen LogP contribution in [0.4, 0.5) is 0 Å². The summed E-state index contributed by atoms with van der Waals surface area (Å²) >= 11 is 7.39. The molecule has 3 heteroatoms. The lowest BCUT2D eigenvalue weighted by Gasteiger charge is -2.02. The predicted molar refractivity (Wildman–Crippen MR) is 52.9 cm³/mol. The Morgan fingerprint density at radius 1 is 1.50 bits per heavy atom. The first-order chi connectivity index (χ1) is 5.90. The Labute approximate surface area is 81.8 Å². The molecule has 1 nitrogen and oxygen atoms in total. The number of aromatic nitrogens is 1. The Hall–Kier alpha value is -0.0800. The van der Waals surface area contributed by atoms with Crippen molar-refractivity contribution in [1.29, 1.82) is 0 Å². The average molecular weight is 202 g/mol. The van der Waals surface area contributed by atoms with E-state index < -0.39 is 0 Å². The van der Waals surface area contributed by atoms with Crippen molar-refractivity contribution in [3.05, 3.63) is 16.1 Å². The third-order valence-corrected chi connectivity index (χ3v) is 3.74. The molecule has 0 saturated heterocycles. The van der Waals surface area contributed by atoms with E-state index >= 15 is 0 Å². The van der Waals surface area contributed by atoms with Crippen LogP contribution < -0.4 is 0 Å². The van der Waals surface area contributed by atoms with Crippen LogP contribution in [0.5, 0.6) is 0 Å². The van der Waals surface area contributed by atoms with Crippen molar-refractivity contribution in [3.63, 3.8) is 0 Å². The van der Waals surface area contributed by atoms with Crippen LogP contribution >= 0.6 is 22.9 Å².